The number of ether oxygens (including phenoxy) is 1. The van der Waals surface area contributed by atoms with Crippen LogP contribution in [0.4, 0.5) is 4.79 Å². The maximum absolute atomic E-state index is 12.4. The van der Waals surface area contributed by atoms with E-state index in [9.17, 15) is 4.79 Å². The highest BCUT2D eigenvalue weighted by atomic mass is 16.6. The van der Waals surface area contributed by atoms with Crippen LogP contribution in [0.2, 0.25) is 0 Å². The molecule has 0 aliphatic heterocycles. The topological polar surface area (TPSA) is 55.6 Å². The van der Waals surface area contributed by atoms with Crippen LogP contribution in [0.25, 0.3) is 0 Å². The summed E-state index contributed by atoms with van der Waals surface area (Å²) in [6.45, 7) is 9.40. The number of nitrogens with two attached hydrogens (primary N) is 1. The molecule has 20 heavy (non-hydrogen) atoms. The molecule has 2 N–H and O–H groups in total. The van der Waals surface area contributed by atoms with E-state index >= 15 is 0 Å². The molecule has 118 valence electrons. The van der Waals surface area contributed by atoms with E-state index in [1.54, 1.807) is 0 Å². The molecule has 0 aromatic carbocycles. The molecule has 0 aromatic rings. The molecule has 0 unspecified atom stereocenters. The molecule has 0 heterocycles. The fraction of sp³-hybridized carbons (Fsp3) is 0.938. The molecule has 1 fully saturated rings. The van der Waals surface area contributed by atoms with E-state index in [1.807, 2.05) is 18.7 Å². The highest BCUT2D eigenvalue weighted by Gasteiger charge is 2.41. The number of rotatable bonds is 6. The van der Waals surface area contributed by atoms with Crippen molar-refractivity contribution in [3.05, 3.63) is 0 Å². The van der Waals surface area contributed by atoms with Gasteiger partial charge in [0.15, 0.2) is 0 Å². The molecule has 0 spiro atoms. The number of hydrogen-bond acceptors (Lipinski definition) is 3. The average Bonchev–Trinajstić information content (AvgIpc) is 2.44. The van der Waals surface area contributed by atoms with Crippen LogP contribution in [0.5, 0.6) is 0 Å². The summed E-state index contributed by atoms with van der Waals surface area (Å²) in [7, 11) is 0. The Morgan fingerprint density at radius 3 is 2.35 bits per heavy atom. The largest absolute Gasteiger partial charge is 0.447 e. The third-order valence-corrected chi connectivity index (χ3v) is 4.57. The Kier molecular flexibility index (Phi) is 6.80. The molecule has 0 radical (unpaired) electrons. The zero-order valence-electron chi connectivity index (χ0n) is 13.7. The van der Waals surface area contributed by atoms with Gasteiger partial charge in [-0.3, -0.25) is 0 Å². The lowest BCUT2D eigenvalue weighted by Crippen LogP contribution is -2.58. The molecule has 0 atom stereocenters. The summed E-state index contributed by atoms with van der Waals surface area (Å²) >= 11 is 0. The SMILES string of the molecule is CCCN(C(=O)OC(C)C)C1(CN)CCC(CC)CC1. The van der Waals surface area contributed by atoms with E-state index in [1.165, 1.54) is 19.3 Å². The lowest BCUT2D eigenvalue weighted by atomic mass is 9.74. The molecule has 0 aromatic heterocycles. The summed E-state index contributed by atoms with van der Waals surface area (Å²) in [4.78, 5) is 14.3. The van der Waals surface area contributed by atoms with E-state index in [0.29, 0.717) is 6.54 Å². The van der Waals surface area contributed by atoms with Crippen LogP contribution in [-0.2, 0) is 4.74 Å². The summed E-state index contributed by atoms with van der Waals surface area (Å²) in [5.41, 5.74) is 5.89. The predicted molar refractivity (Wildman–Crippen MR) is 82.6 cm³/mol. The first-order valence-electron chi connectivity index (χ1n) is 8.17. The maximum atomic E-state index is 12.4. The highest BCUT2D eigenvalue weighted by Crippen LogP contribution is 2.37. The molecule has 0 bridgehead atoms. The van der Waals surface area contributed by atoms with Gasteiger partial charge >= 0.3 is 6.09 Å². The Hall–Kier alpha value is -0.770. The minimum absolute atomic E-state index is 0.0799. The van der Waals surface area contributed by atoms with E-state index < -0.39 is 0 Å². The molecule has 0 saturated heterocycles. The van der Waals surface area contributed by atoms with E-state index in [4.69, 9.17) is 10.5 Å². The quantitative estimate of drug-likeness (QED) is 0.811. The van der Waals surface area contributed by atoms with Gasteiger partial charge in [0.05, 0.1) is 11.6 Å². The summed E-state index contributed by atoms with van der Waals surface area (Å²) in [6.07, 6.45) is 6.25. The van der Waals surface area contributed by atoms with Crippen molar-refractivity contribution in [2.45, 2.75) is 77.9 Å². The molecule has 1 rings (SSSR count). The molecule has 4 nitrogen and oxygen atoms in total. The molecule has 1 aliphatic rings. The monoisotopic (exact) mass is 284 g/mol. The van der Waals surface area contributed by atoms with Crippen LogP contribution < -0.4 is 5.73 Å². The predicted octanol–water partition coefficient (Wildman–Crippen LogP) is 3.54. The van der Waals surface area contributed by atoms with Crippen molar-refractivity contribution in [3.63, 3.8) is 0 Å². The van der Waals surface area contributed by atoms with Crippen LogP contribution in [0.3, 0.4) is 0 Å². The lowest BCUT2D eigenvalue weighted by molar-refractivity contribution is 0.0129. The van der Waals surface area contributed by atoms with Gasteiger partial charge in [-0.2, -0.15) is 0 Å². The van der Waals surface area contributed by atoms with E-state index in [2.05, 4.69) is 13.8 Å². The van der Waals surface area contributed by atoms with Gasteiger partial charge in [-0.1, -0.05) is 20.3 Å². The third kappa shape index (κ3) is 4.11. The number of hydrogen-bond donors (Lipinski definition) is 1. The number of carbonyl (C=O) groups is 1. The molecule has 1 amide bonds. The Bertz CT molecular complexity index is 297. The van der Waals surface area contributed by atoms with Crippen LogP contribution in [0, 0.1) is 5.92 Å². The lowest BCUT2D eigenvalue weighted by Gasteiger charge is -2.47. The first kappa shape index (κ1) is 17.3. The van der Waals surface area contributed by atoms with Crippen molar-refractivity contribution in [1.29, 1.82) is 0 Å². The smallest absolute Gasteiger partial charge is 0.410 e. The standard InChI is InChI=1S/C16H32N2O2/c1-5-11-18(15(19)20-13(3)4)16(12-17)9-7-14(6-2)8-10-16/h13-14H,5-12,17H2,1-4H3. The van der Waals surface area contributed by atoms with Crippen molar-refractivity contribution >= 4 is 6.09 Å². The highest BCUT2D eigenvalue weighted by molar-refractivity contribution is 5.69. The van der Waals surface area contributed by atoms with Crippen molar-refractivity contribution in [3.8, 4) is 0 Å². The zero-order valence-corrected chi connectivity index (χ0v) is 13.7. The second-order valence-corrected chi connectivity index (χ2v) is 6.36. The number of nitrogens with zero attached hydrogens (tertiary/aromatic N) is 1. The average molecular weight is 284 g/mol. The summed E-state index contributed by atoms with van der Waals surface area (Å²) in [6, 6.07) is 0. The maximum Gasteiger partial charge on any atom is 0.410 e. The minimum Gasteiger partial charge on any atom is -0.447 e. The summed E-state index contributed by atoms with van der Waals surface area (Å²) in [5, 5.41) is 0. The first-order valence-corrected chi connectivity index (χ1v) is 8.17. The van der Waals surface area contributed by atoms with Crippen LogP contribution in [-0.4, -0.2) is 35.7 Å². The number of amides is 1. The Morgan fingerprint density at radius 1 is 1.35 bits per heavy atom. The van der Waals surface area contributed by atoms with Gasteiger partial charge in [0.25, 0.3) is 0 Å². The summed E-state index contributed by atoms with van der Waals surface area (Å²) in [5.74, 6) is 0.791. The Labute approximate surface area is 124 Å². The normalized spacial score (nSPS) is 26.6. The van der Waals surface area contributed by atoms with Crippen LogP contribution in [0.15, 0.2) is 0 Å². The van der Waals surface area contributed by atoms with Crippen molar-refractivity contribution < 1.29 is 9.53 Å². The first-order chi connectivity index (χ1) is 9.49. The third-order valence-electron chi connectivity index (χ3n) is 4.57. The van der Waals surface area contributed by atoms with E-state index in [-0.39, 0.29) is 17.7 Å². The van der Waals surface area contributed by atoms with Gasteiger partial charge in [-0.15, -0.1) is 0 Å². The van der Waals surface area contributed by atoms with Crippen molar-refractivity contribution in [2.75, 3.05) is 13.1 Å². The fourth-order valence-electron chi connectivity index (χ4n) is 3.22. The van der Waals surface area contributed by atoms with Crippen molar-refractivity contribution in [2.24, 2.45) is 11.7 Å². The van der Waals surface area contributed by atoms with Gasteiger partial charge < -0.3 is 15.4 Å². The van der Waals surface area contributed by atoms with Gasteiger partial charge in [0.2, 0.25) is 0 Å². The Balaban J connectivity index is 2.83. The molecular weight excluding hydrogens is 252 g/mol. The molecule has 4 heteroatoms. The van der Waals surface area contributed by atoms with Gasteiger partial charge in [-0.05, 0) is 51.9 Å². The van der Waals surface area contributed by atoms with Crippen LogP contribution >= 0.6 is 0 Å². The molecule has 1 aliphatic carbocycles. The molecular formula is C16H32N2O2. The second-order valence-electron chi connectivity index (χ2n) is 6.36. The summed E-state index contributed by atoms with van der Waals surface area (Å²) < 4.78 is 5.43. The van der Waals surface area contributed by atoms with Gasteiger partial charge in [-0.25, -0.2) is 4.79 Å². The molecule has 1 saturated carbocycles. The zero-order chi connectivity index (χ0) is 15.2. The van der Waals surface area contributed by atoms with E-state index in [0.717, 1.165) is 31.7 Å². The van der Waals surface area contributed by atoms with Gasteiger partial charge in [0.1, 0.15) is 0 Å². The van der Waals surface area contributed by atoms with Crippen LogP contribution in [0.1, 0.15) is 66.2 Å². The Morgan fingerprint density at radius 2 is 1.95 bits per heavy atom. The fourth-order valence-corrected chi connectivity index (χ4v) is 3.22. The second kappa shape index (κ2) is 7.87. The van der Waals surface area contributed by atoms with Crippen molar-refractivity contribution in [1.82, 2.24) is 4.90 Å². The minimum atomic E-state index is -0.192. The number of carbonyl (C=O) groups excluding carboxylic acids is 1. The van der Waals surface area contributed by atoms with Gasteiger partial charge in [0, 0.05) is 13.1 Å².